The number of thiophene rings is 1. The van der Waals surface area contributed by atoms with Gasteiger partial charge in [0.1, 0.15) is 4.83 Å². The fourth-order valence-corrected chi connectivity index (χ4v) is 6.60. The zero-order valence-corrected chi connectivity index (χ0v) is 20.5. The Morgan fingerprint density at radius 1 is 1.28 bits per heavy atom. The summed E-state index contributed by atoms with van der Waals surface area (Å²) in [6.45, 7) is 4.00. The first kappa shape index (κ1) is 22.9. The summed E-state index contributed by atoms with van der Waals surface area (Å²) in [6, 6.07) is 9.71. The summed E-state index contributed by atoms with van der Waals surface area (Å²) in [5, 5.41) is 13.1. The molecule has 0 atom stereocenters. The molecule has 4 rings (SSSR count). The van der Waals surface area contributed by atoms with Crippen LogP contribution in [0.5, 0.6) is 0 Å². The number of benzene rings is 1. The summed E-state index contributed by atoms with van der Waals surface area (Å²) in [4.78, 5) is 33.7. The number of aromatic nitrogens is 2. The van der Waals surface area contributed by atoms with Crippen molar-refractivity contribution in [3.8, 4) is 6.07 Å². The molecule has 1 amide bonds. The second-order valence-electron chi connectivity index (χ2n) is 7.75. The van der Waals surface area contributed by atoms with E-state index in [0.717, 1.165) is 51.2 Å². The van der Waals surface area contributed by atoms with E-state index < -0.39 is 0 Å². The molecule has 32 heavy (non-hydrogen) atoms. The number of nitrogens with one attached hydrogen (secondary N) is 1. The number of thioether (sulfide) groups is 2. The lowest BCUT2D eigenvalue weighted by atomic mass is 10.2. The quantitative estimate of drug-likeness (QED) is 0.350. The topological polar surface area (TPSA) is 87.8 Å². The van der Waals surface area contributed by atoms with Gasteiger partial charge in [0.05, 0.1) is 28.6 Å². The third-order valence-electron chi connectivity index (χ3n) is 5.68. The number of aryl methyl sites for hydroxylation is 2. The van der Waals surface area contributed by atoms with Gasteiger partial charge in [0, 0.05) is 15.8 Å². The maximum atomic E-state index is 13.4. The third-order valence-corrected chi connectivity index (χ3v) is 8.67. The molecule has 0 bridgehead atoms. The molecule has 1 aliphatic rings. The summed E-state index contributed by atoms with van der Waals surface area (Å²) in [5.74, 6) is 0.315. The third kappa shape index (κ3) is 4.72. The van der Waals surface area contributed by atoms with Gasteiger partial charge in [-0.15, -0.1) is 23.1 Å². The Labute approximate surface area is 199 Å². The summed E-state index contributed by atoms with van der Waals surface area (Å²) >= 11 is 4.24. The number of para-hydroxylation sites is 1. The van der Waals surface area contributed by atoms with Crippen molar-refractivity contribution in [2.45, 2.75) is 55.6 Å². The van der Waals surface area contributed by atoms with E-state index >= 15 is 0 Å². The van der Waals surface area contributed by atoms with E-state index in [9.17, 15) is 9.59 Å². The summed E-state index contributed by atoms with van der Waals surface area (Å²) in [5.41, 5.74) is 1.72. The van der Waals surface area contributed by atoms with Gasteiger partial charge in [-0.05, 0) is 44.4 Å². The number of fused-ring (bicyclic) bond motifs is 1. The van der Waals surface area contributed by atoms with Crippen molar-refractivity contribution >= 4 is 56.7 Å². The zero-order valence-electron chi connectivity index (χ0n) is 18.0. The van der Waals surface area contributed by atoms with E-state index in [1.807, 2.05) is 42.7 Å². The molecule has 1 saturated carbocycles. The molecule has 166 valence electrons. The highest BCUT2D eigenvalue weighted by atomic mass is 32.2. The highest BCUT2D eigenvalue weighted by molar-refractivity contribution is 8.00. The van der Waals surface area contributed by atoms with Crippen LogP contribution < -0.4 is 10.9 Å². The van der Waals surface area contributed by atoms with Gasteiger partial charge >= 0.3 is 0 Å². The number of hydrogen-bond donors (Lipinski definition) is 1. The average molecular weight is 485 g/mol. The molecule has 1 aliphatic carbocycles. The molecule has 1 fully saturated rings. The van der Waals surface area contributed by atoms with Crippen LogP contribution >= 0.6 is 34.9 Å². The molecule has 0 saturated heterocycles. The number of amides is 1. The van der Waals surface area contributed by atoms with Crippen molar-refractivity contribution in [1.82, 2.24) is 9.55 Å². The van der Waals surface area contributed by atoms with Gasteiger partial charge in [-0.2, -0.15) is 5.26 Å². The molecule has 2 heterocycles. The lowest BCUT2D eigenvalue weighted by molar-refractivity contribution is -0.113. The fourth-order valence-electron chi connectivity index (χ4n) is 4.00. The normalized spacial score (nSPS) is 14.0. The highest BCUT2D eigenvalue weighted by Gasteiger charge is 2.25. The number of hydrogen-bond acceptors (Lipinski definition) is 7. The van der Waals surface area contributed by atoms with Crippen LogP contribution in [0.4, 0.5) is 5.69 Å². The van der Waals surface area contributed by atoms with Crippen LogP contribution in [0.3, 0.4) is 0 Å². The van der Waals surface area contributed by atoms with Crippen molar-refractivity contribution in [1.29, 1.82) is 5.26 Å². The molecule has 0 aliphatic heterocycles. The predicted octanol–water partition coefficient (Wildman–Crippen LogP) is 5.54. The van der Waals surface area contributed by atoms with E-state index in [-0.39, 0.29) is 23.3 Å². The van der Waals surface area contributed by atoms with Gasteiger partial charge in [0.15, 0.2) is 5.16 Å². The summed E-state index contributed by atoms with van der Waals surface area (Å²) in [6.07, 6.45) is 4.16. The SMILES string of the molecule is Cc1sc2nc(SCC(=O)Nc3ccccc3SCC#N)n(C3CCCC3)c(=O)c2c1C. The fraction of sp³-hybridized carbons (Fsp3) is 0.391. The van der Waals surface area contributed by atoms with E-state index in [0.29, 0.717) is 16.6 Å². The average Bonchev–Trinajstić information content (AvgIpc) is 3.40. The molecule has 3 aromatic rings. The van der Waals surface area contributed by atoms with Crippen LogP contribution in [-0.4, -0.2) is 27.0 Å². The first-order valence-corrected chi connectivity index (χ1v) is 13.3. The van der Waals surface area contributed by atoms with Gasteiger partial charge in [0.2, 0.25) is 5.91 Å². The van der Waals surface area contributed by atoms with Crippen LogP contribution in [0.15, 0.2) is 39.1 Å². The number of nitrogens with zero attached hydrogens (tertiary/aromatic N) is 3. The number of nitriles is 1. The van der Waals surface area contributed by atoms with E-state index in [1.54, 1.807) is 0 Å². The predicted molar refractivity (Wildman–Crippen MR) is 133 cm³/mol. The van der Waals surface area contributed by atoms with Gasteiger partial charge in [-0.25, -0.2) is 4.98 Å². The van der Waals surface area contributed by atoms with Crippen molar-refractivity contribution < 1.29 is 4.79 Å². The molecule has 0 unspecified atom stereocenters. The van der Waals surface area contributed by atoms with Crippen molar-refractivity contribution in [3.63, 3.8) is 0 Å². The Balaban J connectivity index is 1.58. The molecule has 2 aromatic heterocycles. The largest absolute Gasteiger partial charge is 0.324 e. The first-order chi connectivity index (χ1) is 15.5. The summed E-state index contributed by atoms with van der Waals surface area (Å²) < 4.78 is 1.84. The highest BCUT2D eigenvalue weighted by Crippen LogP contribution is 2.34. The van der Waals surface area contributed by atoms with Gasteiger partial charge < -0.3 is 5.32 Å². The molecule has 1 N–H and O–H groups in total. The van der Waals surface area contributed by atoms with E-state index in [4.69, 9.17) is 10.2 Å². The van der Waals surface area contributed by atoms with Crippen molar-refractivity contribution in [2.24, 2.45) is 0 Å². The van der Waals surface area contributed by atoms with Gasteiger partial charge in [0.25, 0.3) is 5.56 Å². The zero-order chi connectivity index (χ0) is 22.7. The smallest absolute Gasteiger partial charge is 0.263 e. The minimum Gasteiger partial charge on any atom is -0.324 e. The Hall–Kier alpha value is -2.28. The van der Waals surface area contributed by atoms with Crippen LogP contribution in [-0.2, 0) is 4.79 Å². The standard InChI is InChI=1S/C23H24N4O2S3/c1-14-15(2)32-21-20(14)22(29)27(16-7-3-4-8-16)23(26-21)31-13-19(28)25-17-9-5-6-10-18(17)30-12-11-24/h5-6,9-10,16H,3-4,7-8,12-13H2,1-2H3,(H,25,28). The second-order valence-corrected chi connectivity index (χ2v) is 10.9. The minimum atomic E-state index is -0.161. The molecular formula is C23H24N4O2S3. The van der Waals surface area contributed by atoms with Crippen LogP contribution in [0.25, 0.3) is 10.2 Å². The Bertz CT molecular complexity index is 1250. The van der Waals surface area contributed by atoms with E-state index in [1.165, 1.54) is 34.9 Å². The van der Waals surface area contributed by atoms with Gasteiger partial charge in [-0.3, -0.25) is 14.2 Å². The molecule has 0 radical (unpaired) electrons. The Morgan fingerprint density at radius 2 is 2.03 bits per heavy atom. The van der Waals surface area contributed by atoms with Crippen molar-refractivity contribution in [3.05, 3.63) is 45.1 Å². The van der Waals surface area contributed by atoms with Crippen molar-refractivity contribution in [2.75, 3.05) is 16.8 Å². The van der Waals surface area contributed by atoms with Crippen LogP contribution in [0.2, 0.25) is 0 Å². The first-order valence-electron chi connectivity index (χ1n) is 10.5. The number of carbonyl (C=O) groups is 1. The molecule has 9 heteroatoms. The molecule has 6 nitrogen and oxygen atoms in total. The molecule has 0 spiro atoms. The summed E-state index contributed by atoms with van der Waals surface area (Å²) in [7, 11) is 0. The minimum absolute atomic E-state index is 0.0184. The van der Waals surface area contributed by atoms with E-state index in [2.05, 4.69) is 11.4 Å². The maximum Gasteiger partial charge on any atom is 0.263 e. The Morgan fingerprint density at radius 3 is 2.78 bits per heavy atom. The molecular weight excluding hydrogens is 460 g/mol. The lowest BCUT2D eigenvalue weighted by Gasteiger charge is -2.18. The van der Waals surface area contributed by atoms with Crippen LogP contribution in [0.1, 0.15) is 42.2 Å². The van der Waals surface area contributed by atoms with Gasteiger partial charge in [-0.1, -0.05) is 36.7 Å². The number of carbonyl (C=O) groups excluding carboxylic acids is 1. The monoisotopic (exact) mass is 484 g/mol. The number of anilines is 1. The van der Waals surface area contributed by atoms with Crippen LogP contribution in [0, 0.1) is 25.2 Å². The lowest BCUT2D eigenvalue weighted by Crippen LogP contribution is -2.27. The molecule has 1 aromatic carbocycles. The Kier molecular flexibility index (Phi) is 7.23. The number of rotatable bonds is 7. The second kappa shape index (κ2) is 10.1. The maximum absolute atomic E-state index is 13.4.